The number of likely N-dealkylation sites (tertiary alicyclic amines) is 1. The zero-order chi connectivity index (χ0) is 35.0. The SMILES string of the molecule is CCCN1CCCC[C@H]1C(=O)Nc1c(C)cccc1C.COC(=O)[C@H](Cc1ccccc1)NC(=O)[C@H](CC(=O)O)NCCC(C)(C)C. The van der Waals surface area contributed by atoms with Crippen molar-refractivity contribution in [3.63, 3.8) is 0 Å². The van der Waals surface area contributed by atoms with Gasteiger partial charge in [0, 0.05) is 12.1 Å². The number of para-hydroxylation sites is 1. The summed E-state index contributed by atoms with van der Waals surface area (Å²) in [6.45, 7) is 15.0. The average molecular weight is 653 g/mol. The highest BCUT2D eigenvalue weighted by atomic mass is 16.5. The van der Waals surface area contributed by atoms with Crippen LogP contribution >= 0.6 is 0 Å². The molecule has 0 bridgehead atoms. The van der Waals surface area contributed by atoms with E-state index in [1.807, 2.05) is 62.4 Å². The molecule has 0 unspecified atom stereocenters. The lowest BCUT2D eigenvalue weighted by Gasteiger charge is -2.34. The lowest BCUT2D eigenvalue weighted by molar-refractivity contribution is -0.145. The fraction of sp³-hybridized carbons (Fsp3) is 0.568. The summed E-state index contributed by atoms with van der Waals surface area (Å²) in [5.41, 5.74) is 4.18. The lowest BCUT2D eigenvalue weighted by atomic mass is 9.92. The number of nitrogens with zero attached hydrogens (tertiary/aromatic N) is 1. The molecule has 1 heterocycles. The van der Waals surface area contributed by atoms with Gasteiger partial charge in [-0.1, -0.05) is 82.6 Å². The number of rotatable bonds is 14. The second-order valence-electron chi connectivity index (χ2n) is 13.5. The largest absolute Gasteiger partial charge is 0.481 e. The van der Waals surface area contributed by atoms with E-state index in [0.717, 1.165) is 61.2 Å². The van der Waals surface area contributed by atoms with Gasteiger partial charge < -0.3 is 25.8 Å². The van der Waals surface area contributed by atoms with Gasteiger partial charge in [-0.3, -0.25) is 19.3 Å². The Balaban J connectivity index is 0.000000340. The molecule has 260 valence electrons. The number of carboxylic acid groups (broad SMARTS) is 1. The van der Waals surface area contributed by atoms with Crippen LogP contribution in [0.15, 0.2) is 48.5 Å². The first-order valence-electron chi connectivity index (χ1n) is 16.7. The molecule has 0 aliphatic carbocycles. The molecule has 2 aromatic rings. The molecule has 10 heteroatoms. The van der Waals surface area contributed by atoms with Gasteiger partial charge >= 0.3 is 11.9 Å². The first-order chi connectivity index (χ1) is 22.2. The molecule has 10 nitrogen and oxygen atoms in total. The van der Waals surface area contributed by atoms with E-state index in [1.165, 1.54) is 13.5 Å². The molecule has 47 heavy (non-hydrogen) atoms. The maximum absolute atomic E-state index is 12.6. The fourth-order valence-electron chi connectivity index (χ4n) is 5.57. The maximum Gasteiger partial charge on any atom is 0.328 e. The summed E-state index contributed by atoms with van der Waals surface area (Å²) in [4.78, 5) is 50.8. The number of piperidine rings is 1. The normalized spacial score (nSPS) is 16.2. The van der Waals surface area contributed by atoms with Gasteiger partial charge in [0.1, 0.15) is 6.04 Å². The molecule has 0 radical (unpaired) electrons. The first kappa shape index (κ1) is 39.4. The Morgan fingerprint density at radius 2 is 1.64 bits per heavy atom. The molecule has 4 N–H and O–H groups in total. The second-order valence-corrected chi connectivity index (χ2v) is 13.5. The van der Waals surface area contributed by atoms with Crippen molar-refractivity contribution in [2.24, 2.45) is 5.41 Å². The molecule has 1 aliphatic rings. The minimum atomic E-state index is -1.09. The maximum atomic E-state index is 12.6. The van der Waals surface area contributed by atoms with Crippen LogP contribution in [0.2, 0.25) is 0 Å². The molecule has 1 fully saturated rings. The van der Waals surface area contributed by atoms with Crippen LogP contribution in [0.25, 0.3) is 0 Å². The minimum absolute atomic E-state index is 0.0442. The average Bonchev–Trinajstić information content (AvgIpc) is 3.02. The monoisotopic (exact) mass is 652 g/mol. The lowest BCUT2D eigenvalue weighted by Crippen LogP contribution is -2.52. The van der Waals surface area contributed by atoms with Crippen LogP contribution in [-0.2, 0) is 30.3 Å². The molecule has 2 aromatic carbocycles. The summed E-state index contributed by atoms with van der Waals surface area (Å²) in [6, 6.07) is 13.6. The number of hydrogen-bond donors (Lipinski definition) is 4. The number of anilines is 1. The Bertz CT molecular complexity index is 1270. The van der Waals surface area contributed by atoms with Gasteiger partial charge in [0.15, 0.2) is 0 Å². The number of ether oxygens (including phenoxy) is 1. The van der Waals surface area contributed by atoms with Gasteiger partial charge in [-0.15, -0.1) is 0 Å². The summed E-state index contributed by atoms with van der Waals surface area (Å²) in [5, 5.41) is 17.9. The fourth-order valence-corrected chi connectivity index (χ4v) is 5.57. The summed E-state index contributed by atoms with van der Waals surface area (Å²) < 4.78 is 4.78. The predicted octanol–water partition coefficient (Wildman–Crippen LogP) is 5.26. The van der Waals surface area contributed by atoms with E-state index >= 15 is 0 Å². The van der Waals surface area contributed by atoms with Gasteiger partial charge in [0.2, 0.25) is 11.8 Å². The summed E-state index contributed by atoms with van der Waals surface area (Å²) in [7, 11) is 1.25. The highest BCUT2D eigenvalue weighted by Gasteiger charge is 2.29. The standard InChI is InChI=1S/C20H30N2O5.C17H26N2O/c1-20(2,3)10-11-21-15(13-17(23)24)18(25)22-16(19(26)27-4)12-14-8-6-5-7-9-14;1-4-11-19-12-6-5-10-15(19)17(20)18-16-13(2)8-7-9-14(16)3/h5-9,15-16,21H,10-13H2,1-4H3,(H,22,25)(H,23,24);7-9,15H,4-6,10-12H2,1-3H3,(H,18,20)/t15-,16-;15-/m00/s1. The van der Waals surface area contributed by atoms with Crippen LogP contribution in [-0.4, -0.2) is 78.6 Å². The van der Waals surface area contributed by atoms with Crippen molar-refractivity contribution in [3.8, 4) is 0 Å². The third-order valence-electron chi connectivity index (χ3n) is 8.20. The smallest absolute Gasteiger partial charge is 0.328 e. The van der Waals surface area contributed by atoms with Crippen LogP contribution in [0.4, 0.5) is 5.69 Å². The van der Waals surface area contributed by atoms with E-state index in [1.54, 1.807) is 0 Å². The van der Waals surface area contributed by atoms with Crippen molar-refractivity contribution in [3.05, 3.63) is 65.2 Å². The first-order valence-corrected chi connectivity index (χ1v) is 16.7. The number of carbonyl (C=O) groups excluding carboxylic acids is 3. The van der Waals surface area contributed by atoms with Crippen LogP contribution in [0.5, 0.6) is 0 Å². The quantitative estimate of drug-likeness (QED) is 0.203. The zero-order valence-corrected chi connectivity index (χ0v) is 29.4. The Morgan fingerprint density at radius 3 is 2.21 bits per heavy atom. The van der Waals surface area contributed by atoms with Gasteiger partial charge in [0.25, 0.3) is 0 Å². The molecular formula is C37H56N4O6. The number of nitrogens with one attached hydrogen (secondary N) is 3. The molecule has 1 aliphatic heterocycles. The number of carbonyl (C=O) groups is 4. The van der Waals surface area contributed by atoms with Crippen molar-refractivity contribution in [2.75, 3.05) is 32.1 Å². The second kappa shape index (κ2) is 19.8. The Kier molecular flexibility index (Phi) is 16.6. The molecule has 0 saturated carbocycles. The van der Waals surface area contributed by atoms with E-state index in [2.05, 4.69) is 48.5 Å². The van der Waals surface area contributed by atoms with E-state index < -0.39 is 29.9 Å². The molecule has 0 spiro atoms. The number of aliphatic carboxylic acids is 1. The van der Waals surface area contributed by atoms with E-state index in [0.29, 0.717) is 6.54 Å². The molecule has 3 atom stereocenters. The van der Waals surface area contributed by atoms with E-state index in [-0.39, 0.29) is 30.2 Å². The van der Waals surface area contributed by atoms with Crippen LogP contribution in [0.1, 0.15) is 82.9 Å². The predicted molar refractivity (Wildman–Crippen MR) is 186 cm³/mol. The van der Waals surface area contributed by atoms with Crippen LogP contribution in [0, 0.1) is 19.3 Å². The third-order valence-corrected chi connectivity index (χ3v) is 8.20. The Hall–Kier alpha value is -3.76. The number of amides is 2. The molecular weight excluding hydrogens is 596 g/mol. The minimum Gasteiger partial charge on any atom is -0.481 e. The number of aryl methyl sites for hydroxylation is 2. The Morgan fingerprint density at radius 1 is 0.979 bits per heavy atom. The van der Waals surface area contributed by atoms with Gasteiger partial charge in [-0.25, -0.2) is 4.79 Å². The highest BCUT2D eigenvalue weighted by molar-refractivity contribution is 5.96. The van der Waals surface area contributed by atoms with Crippen LogP contribution < -0.4 is 16.0 Å². The van der Waals surface area contributed by atoms with E-state index in [4.69, 9.17) is 9.84 Å². The summed E-state index contributed by atoms with van der Waals surface area (Å²) in [6.07, 6.45) is 5.14. The van der Waals surface area contributed by atoms with Crippen molar-refractivity contribution >= 4 is 29.4 Å². The van der Waals surface area contributed by atoms with Crippen molar-refractivity contribution in [2.45, 2.75) is 105 Å². The topological polar surface area (TPSA) is 137 Å². The van der Waals surface area contributed by atoms with Crippen molar-refractivity contribution in [1.29, 1.82) is 0 Å². The molecule has 0 aromatic heterocycles. The summed E-state index contributed by atoms with van der Waals surface area (Å²) >= 11 is 0. The van der Waals surface area contributed by atoms with Crippen molar-refractivity contribution < 1.29 is 29.0 Å². The number of carboxylic acids is 1. The van der Waals surface area contributed by atoms with Gasteiger partial charge in [0.05, 0.1) is 25.6 Å². The third kappa shape index (κ3) is 14.3. The molecule has 2 amide bonds. The number of hydrogen-bond acceptors (Lipinski definition) is 7. The number of methoxy groups -OCH3 is 1. The van der Waals surface area contributed by atoms with Crippen molar-refractivity contribution in [1.82, 2.24) is 15.5 Å². The number of esters is 1. The van der Waals surface area contributed by atoms with E-state index in [9.17, 15) is 19.2 Å². The Labute approximate surface area is 281 Å². The van der Waals surface area contributed by atoms with Crippen LogP contribution in [0.3, 0.4) is 0 Å². The highest BCUT2D eigenvalue weighted by Crippen LogP contribution is 2.23. The zero-order valence-electron chi connectivity index (χ0n) is 29.4. The molecule has 3 rings (SSSR count). The summed E-state index contributed by atoms with van der Waals surface area (Å²) in [5.74, 6) is -2.03. The van der Waals surface area contributed by atoms with Gasteiger partial charge in [-0.2, -0.15) is 0 Å². The van der Waals surface area contributed by atoms with Gasteiger partial charge in [-0.05, 0) is 81.3 Å². The number of benzene rings is 2. The molecule has 1 saturated heterocycles.